The normalized spacial score (nSPS) is 14.2. The van der Waals surface area contributed by atoms with Crippen molar-refractivity contribution >= 4 is 17.7 Å². The number of carboxylic acids is 1. The van der Waals surface area contributed by atoms with Gasteiger partial charge in [0.1, 0.15) is 0 Å². The van der Waals surface area contributed by atoms with Crippen molar-refractivity contribution in [2.24, 2.45) is 0 Å². The van der Waals surface area contributed by atoms with E-state index in [9.17, 15) is 4.79 Å². The van der Waals surface area contributed by atoms with Crippen LogP contribution >= 0.6 is 11.8 Å². The summed E-state index contributed by atoms with van der Waals surface area (Å²) in [4.78, 5) is 10.3. The van der Waals surface area contributed by atoms with E-state index in [2.05, 4.69) is 18.5 Å². The summed E-state index contributed by atoms with van der Waals surface area (Å²) in [6.07, 6.45) is 3.29. The first-order valence-corrected chi connectivity index (χ1v) is 5.58. The Kier molecular flexibility index (Phi) is 6.72. The third kappa shape index (κ3) is 7.87. The lowest BCUT2D eigenvalue weighted by Crippen LogP contribution is -2.29. The predicted octanol–water partition coefficient (Wildman–Crippen LogP) is 1.36. The van der Waals surface area contributed by atoms with Crippen molar-refractivity contribution in [2.75, 3.05) is 18.6 Å². The lowest BCUT2D eigenvalue weighted by atomic mass is 10.2. The molecular weight excluding hydrogens is 186 g/mol. The van der Waals surface area contributed by atoms with Crippen molar-refractivity contribution in [3.8, 4) is 0 Å². The number of hydrogen-bond acceptors (Lipinski definition) is 3. The molecule has 0 saturated heterocycles. The molecule has 0 bridgehead atoms. The minimum absolute atomic E-state index is 0.423. The van der Waals surface area contributed by atoms with Crippen LogP contribution in [0.1, 0.15) is 13.8 Å². The summed E-state index contributed by atoms with van der Waals surface area (Å²) in [5.41, 5.74) is 0.848. The molecule has 2 N–H and O–H groups in total. The fraction of sp³-hybridized carbons (Fsp3) is 0.667. The maximum Gasteiger partial charge on any atom is 0.328 e. The van der Waals surface area contributed by atoms with E-state index in [4.69, 9.17) is 5.11 Å². The molecule has 3 nitrogen and oxygen atoms in total. The number of carboxylic acid groups (broad SMARTS) is 1. The van der Waals surface area contributed by atoms with Crippen LogP contribution in [0.4, 0.5) is 0 Å². The highest BCUT2D eigenvalue weighted by Gasteiger charge is 2.00. The minimum Gasteiger partial charge on any atom is -0.478 e. The van der Waals surface area contributed by atoms with Gasteiger partial charge in [0.25, 0.3) is 0 Å². The second kappa shape index (κ2) is 6.97. The number of nitrogens with one attached hydrogen (secondary N) is 1. The van der Waals surface area contributed by atoms with Crippen LogP contribution in [0.5, 0.6) is 0 Å². The molecule has 0 aliphatic rings. The number of thioether (sulfide) groups is 1. The first-order chi connectivity index (χ1) is 6.06. The maximum absolute atomic E-state index is 10.3. The van der Waals surface area contributed by atoms with Gasteiger partial charge in [-0.25, -0.2) is 4.79 Å². The van der Waals surface area contributed by atoms with E-state index in [1.165, 1.54) is 6.08 Å². The highest BCUT2D eigenvalue weighted by atomic mass is 32.2. The van der Waals surface area contributed by atoms with Gasteiger partial charge < -0.3 is 10.4 Å². The van der Waals surface area contributed by atoms with Crippen molar-refractivity contribution in [1.82, 2.24) is 5.32 Å². The van der Waals surface area contributed by atoms with E-state index in [1.54, 1.807) is 11.8 Å². The molecule has 1 atom stereocenters. The number of rotatable bonds is 6. The van der Waals surface area contributed by atoms with Gasteiger partial charge in [-0.05, 0) is 20.1 Å². The molecule has 0 saturated carbocycles. The third-order valence-electron chi connectivity index (χ3n) is 1.52. The Morgan fingerprint density at radius 3 is 2.77 bits per heavy atom. The summed E-state index contributed by atoms with van der Waals surface area (Å²) in [6.45, 7) is 4.55. The molecule has 0 aromatic heterocycles. The van der Waals surface area contributed by atoms with E-state index in [1.807, 2.05) is 6.92 Å². The molecule has 0 aliphatic carbocycles. The van der Waals surface area contributed by atoms with Gasteiger partial charge in [-0.2, -0.15) is 11.8 Å². The molecule has 4 heteroatoms. The maximum atomic E-state index is 10.3. The zero-order valence-electron chi connectivity index (χ0n) is 8.33. The molecule has 0 spiro atoms. The fourth-order valence-electron chi connectivity index (χ4n) is 0.906. The van der Waals surface area contributed by atoms with Gasteiger partial charge in [-0.3, -0.25) is 0 Å². The fourth-order valence-corrected chi connectivity index (χ4v) is 1.52. The Balaban J connectivity index is 3.69. The van der Waals surface area contributed by atoms with Crippen molar-refractivity contribution in [3.05, 3.63) is 11.6 Å². The third-order valence-corrected chi connectivity index (χ3v) is 2.35. The topological polar surface area (TPSA) is 49.3 Å². The molecule has 0 heterocycles. The van der Waals surface area contributed by atoms with Crippen molar-refractivity contribution < 1.29 is 9.90 Å². The van der Waals surface area contributed by atoms with Crippen LogP contribution in [-0.4, -0.2) is 35.7 Å². The Morgan fingerprint density at radius 1 is 1.69 bits per heavy atom. The van der Waals surface area contributed by atoms with E-state index in [0.29, 0.717) is 12.6 Å². The molecule has 13 heavy (non-hydrogen) atoms. The van der Waals surface area contributed by atoms with Crippen molar-refractivity contribution in [1.29, 1.82) is 0 Å². The van der Waals surface area contributed by atoms with E-state index in [0.717, 1.165) is 11.3 Å². The molecule has 1 unspecified atom stereocenters. The second-order valence-electron chi connectivity index (χ2n) is 3.07. The Bertz CT molecular complexity index is 192. The number of carbonyl (C=O) groups is 1. The highest BCUT2D eigenvalue weighted by Crippen LogP contribution is 1.97. The van der Waals surface area contributed by atoms with Crippen LogP contribution < -0.4 is 5.32 Å². The summed E-state index contributed by atoms with van der Waals surface area (Å²) in [6, 6.07) is 0.423. The first kappa shape index (κ1) is 12.5. The van der Waals surface area contributed by atoms with Gasteiger partial charge in [0.15, 0.2) is 0 Å². The van der Waals surface area contributed by atoms with Crippen LogP contribution in [0.25, 0.3) is 0 Å². The Labute approximate surface area is 83.6 Å². The van der Waals surface area contributed by atoms with Crippen LogP contribution in [-0.2, 0) is 4.79 Å². The molecule has 0 rings (SSSR count). The molecule has 0 aromatic rings. The standard InChI is InChI=1S/C9H17NO2S/c1-7(4-9(11)12)5-10-8(2)6-13-3/h4,8,10H,5-6H2,1-3H3,(H,11,12). The molecule has 0 amide bonds. The van der Waals surface area contributed by atoms with Crippen LogP contribution in [0.15, 0.2) is 11.6 Å². The monoisotopic (exact) mass is 203 g/mol. The van der Waals surface area contributed by atoms with Gasteiger partial charge in [-0.15, -0.1) is 0 Å². The lowest BCUT2D eigenvalue weighted by molar-refractivity contribution is -0.131. The average molecular weight is 203 g/mol. The van der Waals surface area contributed by atoms with E-state index < -0.39 is 5.97 Å². The quantitative estimate of drug-likeness (QED) is 0.640. The second-order valence-corrected chi connectivity index (χ2v) is 3.98. The summed E-state index contributed by atoms with van der Waals surface area (Å²) < 4.78 is 0. The Morgan fingerprint density at radius 2 is 2.31 bits per heavy atom. The van der Waals surface area contributed by atoms with Gasteiger partial charge in [0.05, 0.1) is 0 Å². The largest absolute Gasteiger partial charge is 0.478 e. The van der Waals surface area contributed by atoms with Gasteiger partial charge >= 0.3 is 5.97 Å². The zero-order chi connectivity index (χ0) is 10.3. The van der Waals surface area contributed by atoms with E-state index in [-0.39, 0.29) is 0 Å². The average Bonchev–Trinajstić information content (AvgIpc) is 2.00. The highest BCUT2D eigenvalue weighted by molar-refractivity contribution is 7.98. The van der Waals surface area contributed by atoms with E-state index >= 15 is 0 Å². The summed E-state index contributed by atoms with van der Waals surface area (Å²) in [7, 11) is 0. The van der Waals surface area contributed by atoms with Gasteiger partial charge in [0, 0.05) is 24.4 Å². The van der Waals surface area contributed by atoms with Crippen LogP contribution in [0, 0.1) is 0 Å². The van der Waals surface area contributed by atoms with Crippen molar-refractivity contribution in [2.45, 2.75) is 19.9 Å². The first-order valence-electron chi connectivity index (χ1n) is 4.18. The van der Waals surface area contributed by atoms with Crippen LogP contribution in [0.2, 0.25) is 0 Å². The van der Waals surface area contributed by atoms with Gasteiger partial charge in [-0.1, -0.05) is 5.57 Å². The summed E-state index contributed by atoms with van der Waals surface area (Å²) in [5.74, 6) is 0.164. The lowest BCUT2D eigenvalue weighted by Gasteiger charge is -2.11. The molecular formula is C9H17NO2S. The Hall–Kier alpha value is -0.480. The molecule has 0 fully saturated rings. The molecule has 0 radical (unpaired) electrons. The number of hydrogen-bond donors (Lipinski definition) is 2. The summed E-state index contributed by atoms with van der Waals surface area (Å²) >= 11 is 1.78. The molecule has 0 aromatic carbocycles. The smallest absolute Gasteiger partial charge is 0.328 e. The molecule has 76 valence electrons. The van der Waals surface area contributed by atoms with Crippen molar-refractivity contribution in [3.63, 3.8) is 0 Å². The predicted molar refractivity (Wildman–Crippen MR) is 57.2 cm³/mol. The summed E-state index contributed by atoms with van der Waals surface area (Å²) in [5, 5.41) is 11.7. The molecule has 0 aliphatic heterocycles. The minimum atomic E-state index is -0.878. The van der Waals surface area contributed by atoms with Gasteiger partial charge in [0.2, 0.25) is 0 Å². The number of aliphatic carboxylic acids is 1. The SMILES string of the molecule is CSCC(C)NCC(C)=CC(=O)O. The zero-order valence-corrected chi connectivity index (χ0v) is 9.15. The van der Waals surface area contributed by atoms with Crippen LogP contribution in [0.3, 0.4) is 0 Å².